The average molecular weight is 342 g/mol. The zero-order valence-electron chi connectivity index (χ0n) is 12.0. The van der Waals surface area contributed by atoms with Crippen LogP contribution < -0.4 is 0 Å². The van der Waals surface area contributed by atoms with E-state index in [0.717, 1.165) is 0 Å². The smallest absolute Gasteiger partial charge is 0.189 e. The van der Waals surface area contributed by atoms with Gasteiger partial charge in [0, 0.05) is 0 Å². The molecule has 0 aromatic heterocycles. The van der Waals surface area contributed by atoms with Gasteiger partial charge in [-0.3, -0.25) is 4.79 Å². The second-order valence-electron chi connectivity index (χ2n) is 5.12. The quantitative estimate of drug-likeness (QED) is 0.209. The van der Waals surface area contributed by atoms with Crippen molar-refractivity contribution in [1.82, 2.24) is 0 Å². The molecule has 136 valence electrons. The Labute approximate surface area is 130 Å². The summed E-state index contributed by atoms with van der Waals surface area (Å²) < 4.78 is 10.1. The van der Waals surface area contributed by atoms with Crippen LogP contribution in [0, 0.1) is 0 Å². The number of aliphatic hydroxyl groups is 8. The number of aliphatic hydroxyl groups excluding tert-OH is 8. The van der Waals surface area contributed by atoms with Crippen LogP contribution in [-0.2, 0) is 14.3 Å². The highest BCUT2D eigenvalue weighted by atomic mass is 16.7. The molecule has 8 atom stereocenters. The molecule has 11 nitrogen and oxygen atoms in total. The van der Waals surface area contributed by atoms with Crippen LogP contribution in [0.25, 0.3) is 0 Å². The Morgan fingerprint density at radius 3 is 2.13 bits per heavy atom. The number of Topliss-reactive ketones (excluding diaryl/α,β-unsaturated/α-hetero) is 1. The van der Waals surface area contributed by atoms with Crippen LogP contribution in [0.5, 0.6) is 0 Å². The number of ketones is 1. The molecule has 23 heavy (non-hydrogen) atoms. The first kappa shape index (κ1) is 20.3. The van der Waals surface area contributed by atoms with Crippen molar-refractivity contribution in [1.29, 1.82) is 0 Å². The number of hydrogen-bond acceptors (Lipinski definition) is 11. The van der Waals surface area contributed by atoms with Gasteiger partial charge in [-0.15, -0.1) is 0 Å². The molecule has 1 heterocycles. The molecule has 0 radical (unpaired) electrons. The topological polar surface area (TPSA) is 197 Å². The molecule has 1 aliphatic heterocycles. The van der Waals surface area contributed by atoms with Crippen LogP contribution in [0.2, 0.25) is 0 Å². The van der Waals surface area contributed by atoms with Crippen LogP contribution in [0.4, 0.5) is 0 Å². The molecule has 0 bridgehead atoms. The van der Waals surface area contributed by atoms with Crippen molar-refractivity contribution in [2.75, 3.05) is 19.8 Å². The summed E-state index contributed by atoms with van der Waals surface area (Å²) in [5.74, 6) is -1.12. The minimum atomic E-state index is -2.05. The molecule has 0 saturated carbocycles. The monoisotopic (exact) mass is 342 g/mol. The summed E-state index contributed by atoms with van der Waals surface area (Å²) in [5, 5.41) is 75.1. The largest absolute Gasteiger partial charge is 0.394 e. The van der Waals surface area contributed by atoms with Gasteiger partial charge in [0.25, 0.3) is 0 Å². The second kappa shape index (κ2) is 8.94. The van der Waals surface area contributed by atoms with Gasteiger partial charge in [-0.1, -0.05) is 0 Å². The minimum Gasteiger partial charge on any atom is -0.394 e. The van der Waals surface area contributed by atoms with E-state index in [1.807, 2.05) is 0 Å². The van der Waals surface area contributed by atoms with E-state index in [1.54, 1.807) is 0 Å². The van der Waals surface area contributed by atoms with E-state index in [4.69, 9.17) is 24.8 Å². The number of carbonyl (C=O) groups is 1. The van der Waals surface area contributed by atoms with E-state index in [2.05, 4.69) is 0 Å². The minimum absolute atomic E-state index is 0.726. The van der Waals surface area contributed by atoms with Gasteiger partial charge in [0.1, 0.15) is 49.3 Å². The Balaban J connectivity index is 2.91. The number of ether oxygens (including phenoxy) is 2. The third-order valence-electron chi connectivity index (χ3n) is 3.50. The van der Waals surface area contributed by atoms with Crippen LogP contribution >= 0.6 is 0 Å². The fraction of sp³-hybridized carbons (Fsp3) is 0.917. The molecular formula is C12H22O11. The summed E-state index contributed by atoms with van der Waals surface area (Å²) >= 11 is 0. The Kier molecular flexibility index (Phi) is 7.89. The number of rotatable bonds is 8. The molecule has 8 N–H and O–H groups in total. The summed E-state index contributed by atoms with van der Waals surface area (Å²) in [7, 11) is 0. The second-order valence-corrected chi connectivity index (χ2v) is 5.12. The van der Waals surface area contributed by atoms with Gasteiger partial charge in [0.2, 0.25) is 0 Å². The van der Waals surface area contributed by atoms with E-state index >= 15 is 0 Å². The maximum Gasteiger partial charge on any atom is 0.189 e. The van der Waals surface area contributed by atoms with Gasteiger partial charge in [-0.2, -0.15) is 0 Å². The lowest BCUT2D eigenvalue weighted by Crippen LogP contribution is -2.61. The Hall–Kier alpha value is -0.730. The van der Waals surface area contributed by atoms with Gasteiger partial charge >= 0.3 is 0 Å². The van der Waals surface area contributed by atoms with Crippen LogP contribution in [0.1, 0.15) is 0 Å². The molecule has 1 rings (SSSR count). The molecular weight excluding hydrogens is 320 g/mol. The predicted molar refractivity (Wildman–Crippen MR) is 69.8 cm³/mol. The highest BCUT2D eigenvalue weighted by Gasteiger charge is 2.46. The molecule has 1 saturated heterocycles. The Bertz CT molecular complexity index is 376. The molecule has 0 aliphatic carbocycles. The first-order valence-corrected chi connectivity index (χ1v) is 6.85. The highest BCUT2D eigenvalue weighted by Crippen LogP contribution is 2.24. The van der Waals surface area contributed by atoms with E-state index in [-0.39, 0.29) is 0 Å². The van der Waals surface area contributed by atoms with E-state index in [1.165, 1.54) is 0 Å². The molecule has 0 aromatic carbocycles. The van der Waals surface area contributed by atoms with Gasteiger partial charge in [0.05, 0.1) is 13.2 Å². The van der Waals surface area contributed by atoms with Crippen molar-refractivity contribution in [3.8, 4) is 0 Å². The van der Waals surface area contributed by atoms with Crippen molar-refractivity contribution in [3.05, 3.63) is 0 Å². The number of hydrogen-bond donors (Lipinski definition) is 8. The van der Waals surface area contributed by atoms with Crippen molar-refractivity contribution in [2.45, 2.75) is 49.0 Å². The lowest BCUT2D eigenvalue weighted by molar-refractivity contribution is -0.323. The van der Waals surface area contributed by atoms with Crippen molar-refractivity contribution >= 4 is 5.78 Å². The highest BCUT2D eigenvalue weighted by molar-refractivity contribution is 5.84. The lowest BCUT2D eigenvalue weighted by atomic mass is 9.98. The first-order chi connectivity index (χ1) is 10.8. The summed E-state index contributed by atoms with van der Waals surface area (Å²) in [4.78, 5) is 11.3. The van der Waals surface area contributed by atoms with Crippen molar-refractivity contribution in [2.24, 2.45) is 0 Å². The van der Waals surface area contributed by atoms with Gasteiger partial charge in [-0.25, -0.2) is 0 Å². The molecule has 0 spiro atoms. The third-order valence-corrected chi connectivity index (χ3v) is 3.50. The number of carbonyl (C=O) groups excluding carboxylic acids is 1. The maximum atomic E-state index is 11.3. The summed E-state index contributed by atoms with van der Waals surface area (Å²) in [6.07, 6.45) is -13.8. The first-order valence-electron chi connectivity index (χ1n) is 6.85. The van der Waals surface area contributed by atoms with Crippen molar-refractivity contribution in [3.63, 3.8) is 0 Å². The Morgan fingerprint density at radius 1 is 1.04 bits per heavy atom. The molecule has 0 amide bonds. The third kappa shape index (κ3) is 4.64. The predicted octanol–water partition coefficient (Wildman–Crippen LogP) is -5.55. The van der Waals surface area contributed by atoms with Crippen LogP contribution in [0.15, 0.2) is 0 Å². The fourth-order valence-corrected chi connectivity index (χ4v) is 2.09. The maximum absolute atomic E-state index is 11.3. The lowest BCUT2D eigenvalue weighted by Gasteiger charge is -2.41. The zero-order valence-corrected chi connectivity index (χ0v) is 12.0. The van der Waals surface area contributed by atoms with E-state index < -0.39 is 74.6 Å². The molecule has 0 unspecified atom stereocenters. The fourth-order valence-electron chi connectivity index (χ4n) is 2.09. The zero-order chi connectivity index (χ0) is 17.7. The summed E-state index contributed by atoms with van der Waals surface area (Å²) in [6, 6.07) is 0. The van der Waals surface area contributed by atoms with Gasteiger partial charge in [-0.05, 0) is 0 Å². The SMILES string of the molecule is O=C(CO)[C@@H](O)[C@@H](O[C@@H]1O[C@@H](CO)[C@H](O)[C@H](O)[C@@H]1O)[C@H](O)CO. The van der Waals surface area contributed by atoms with Crippen LogP contribution in [-0.4, -0.2) is 115 Å². The van der Waals surface area contributed by atoms with E-state index in [0.29, 0.717) is 0 Å². The Morgan fingerprint density at radius 2 is 1.65 bits per heavy atom. The molecule has 1 fully saturated rings. The normalized spacial score (nSPS) is 35.6. The molecule has 1 aliphatic rings. The summed E-state index contributed by atoms with van der Waals surface area (Å²) in [5.41, 5.74) is 0. The molecule has 11 heteroatoms. The molecule has 0 aromatic rings. The van der Waals surface area contributed by atoms with Crippen molar-refractivity contribution < 1.29 is 55.1 Å². The standard InChI is InChI=1S/C12H22O11/c13-1-4(16)7(18)11(5(17)2-14)23-12-10(21)9(20)8(19)6(3-15)22-12/h5-15,17-21H,1-3H2/t5-,6+,7-,8+,9+,10+,11+,12+/m1/s1. The average Bonchev–Trinajstić information content (AvgIpc) is 2.57. The van der Waals surface area contributed by atoms with E-state index in [9.17, 15) is 30.3 Å². The summed E-state index contributed by atoms with van der Waals surface area (Å²) in [6.45, 7) is -2.71. The van der Waals surface area contributed by atoms with Gasteiger partial charge < -0.3 is 50.3 Å². The van der Waals surface area contributed by atoms with Crippen LogP contribution in [0.3, 0.4) is 0 Å². The van der Waals surface area contributed by atoms with Gasteiger partial charge in [0.15, 0.2) is 12.1 Å².